The van der Waals surface area contributed by atoms with E-state index in [2.05, 4.69) is 5.32 Å². The van der Waals surface area contributed by atoms with Gasteiger partial charge in [0.2, 0.25) is 15.9 Å². The molecule has 1 aliphatic heterocycles. The third kappa shape index (κ3) is 6.56. The first-order chi connectivity index (χ1) is 8.45. The SMILES string of the molecule is C[C@@H](CN)NC(=O)CCCS(=O)(=O)N1CCCC1.Cl. The molecule has 3 N–H and O–H groups in total. The van der Waals surface area contributed by atoms with Crippen molar-refractivity contribution in [1.29, 1.82) is 0 Å². The Morgan fingerprint density at radius 3 is 2.47 bits per heavy atom. The Morgan fingerprint density at radius 1 is 1.37 bits per heavy atom. The van der Waals surface area contributed by atoms with Crippen LogP contribution in [0.5, 0.6) is 0 Å². The van der Waals surface area contributed by atoms with Crippen LogP contribution in [-0.4, -0.2) is 50.1 Å². The number of carbonyl (C=O) groups is 1. The maximum absolute atomic E-state index is 11.9. The third-order valence-corrected chi connectivity index (χ3v) is 4.98. The van der Waals surface area contributed by atoms with Crippen LogP contribution in [0.25, 0.3) is 0 Å². The van der Waals surface area contributed by atoms with Gasteiger partial charge in [-0.2, -0.15) is 0 Å². The van der Waals surface area contributed by atoms with Gasteiger partial charge in [-0.25, -0.2) is 12.7 Å². The van der Waals surface area contributed by atoms with Crippen molar-refractivity contribution in [1.82, 2.24) is 9.62 Å². The van der Waals surface area contributed by atoms with Gasteiger partial charge in [0.15, 0.2) is 0 Å². The van der Waals surface area contributed by atoms with Crippen LogP contribution in [0.1, 0.15) is 32.6 Å². The second-order valence-corrected chi connectivity index (χ2v) is 6.82. The summed E-state index contributed by atoms with van der Waals surface area (Å²) in [4.78, 5) is 11.4. The van der Waals surface area contributed by atoms with Crippen molar-refractivity contribution >= 4 is 28.3 Å². The van der Waals surface area contributed by atoms with Crippen LogP contribution >= 0.6 is 12.4 Å². The fourth-order valence-electron chi connectivity index (χ4n) is 1.92. The first-order valence-electron chi connectivity index (χ1n) is 6.43. The summed E-state index contributed by atoms with van der Waals surface area (Å²) in [6.07, 6.45) is 2.47. The van der Waals surface area contributed by atoms with Crippen molar-refractivity contribution in [2.45, 2.75) is 38.6 Å². The van der Waals surface area contributed by atoms with Gasteiger partial charge in [-0.1, -0.05) is 0 Å². The molecule has 1 aliphatic rings. The van der Waals surface area contributed by atoms with Gasteiger partial charge in [0.1, 0.15) is 0 Å². The lowest BCUT2D eigenvalue weighted by Gasteiger charge is -2.15. The topological polar surface area (TPSA) is 92.5 Å². The van der Waals surface area contributed by atoms with E-state index >= 15 is 0 Å². The van der Waals surface area contributed by atoms with Gasteiger partial charge in [0.25, 0.3) is 0 Å². The fraction of sp³-hybridized carbons (Fsp3) is 0.909. The summed E-state index contributed by atoms with van der Waals surface area (Å²) < 4.78 is 25.3. The summed E-state index contributed by atoms with van der Waals surface area (Å²) in [6.45, 7) is 3.45. The number of carbonyl (C=O) groups excluding carboxylic acids is 1. The summed E-state index contributed by atoms with van der Waals surface area (Å²) >= 11 is 0. The van der Waals surface area contributed by atoms with Crippen LogP contribution < -0.4 is 11.1 Å². The molecule has 0 aromatic rings. The average molecular weight is 314 g/mol. The first-order valence-corrected chi connectivity index (χ1v) is 8.04. The number of nitrogens with two attached hydrogens (primary N) is 1. The lowest BCUT2D eigenvalue weighted by Crippen LogP contribution is -2.38. The standard InChI is InChI=1S/C11H23N3O3S.ClH/c1-10(9-12)13-11(15)5-4-8-18(16,17)14-6-2-3-7-14;/h10H,2-9,12H2,1H3,(H,13,15);1H/t10-;/m0./s1. The fourth-order valence-corrected chi connectivity index (χ4v) is 3.50. The molecule has 0 bridgehead atoms. The summed E-state index contributed by atoms with van der Waals surface area (Å²) in [6, 6.07) is -0.0623. The van der Waals surface area contributed by atoms with Crippen molar-refractivity contribution in [3.8, 4) is 0 Å². The highest BCUT2D eigenvalue weighted by Crippen LogP contribution is 2.14. The lowest BCUT2D eigenvalue weighted by atomic mass is 10.3. The van der Waals surface area contributed by atoms with E-state index in [1.165, 1.54) is 4.31 Å². The lowest BCUT2D eigenvalue weighted by molar-refractivity contribution is -0.121. The summed E-state index contributed by atoms with van der Waals surface area (Å²) in [7, 11) is -3.16. The molecule has 1 saturated heterocycles. The number of rotatable bonds is 7. The van der Waals surface area contributed by atoms with Gasteiger partial charge in [0, 0.05) is 32.1 Å². The number of sulfonamides is 1. The van der Waals surface area contributed by atoms with Crippen molar-refractivity contribution in [3.63, 3.8) is 0 Å². The molecule has 0 aromatic heterocycles. The van der Waals surface area contributed by atoms with Gasteiger partial charge in [-0.05, 0) is 26.2 Å². The van der Waals surface area contributed by atoms with Crippen LogP contribution in [0.3, 0.4) is 0 Å². The van der Waals surface area contributed by atoms with Crippen LogP contribution in [-0.2, 0) is 14.8 Å². The van der Waals surface area contributed by atoms with E-state index < -0.39 is 10.0 Å². The monoisotopic (exact) mass is 313 g/mol. The summed E-state index contributed by atoms with van der Waals surface area (Å²) in [5.74, 6) is -0.0817. The molecule has 0 saturated carbocycles. The smallest absolute Gasteiger partial charge is 0.220 e. The van der Waals surface area contributed by atoms with Gasteiger partial charge in [0.05, 0.1) is 5.75 Å². The Balaban J connectivity index is 0.00000324. The molecule has 6 nitrogen and oxygen atoms in total. The molecule has 19 heavy (non-hydrogen) atoms. The van der Waals surface area contributed by atoms with Crippen LogP contribution in [0.4, 0.5) is 0 Å². The van der Waals surface area contributed by atoms with E-state index in [1.807, 2.05) is 6.92 Å². The Kier molecular flexibility index (Phi) is 8.56. The zero-order chi connectivity index (χ0) is 13.6. The molecule has 1 amide bonds. The zero-order valence-electron chi connectivity index (χ0n) is 11.3. The number of nitrogens with one attached hydrogen (secondary N) is 1. The van der Waals surface area contributed by atoms with E-state index in [9.17, 15) is 13.2 Å². The zero-order valence-corrected chi connectivity index (χ0v) is 12.9. The number of hydrogen-bond acceptors (Lipinski definition) is 4. The molecule has 1 rings (SSSR count). The molecule has 0 aliphatic carbocycles. The van der Waals surface area contributed by atoms with Crippen LogP contribution in [0.15, 0.2) is 0 Å². The summed E-state index contributed by atoms with van der Waals surface area (Å²) in [5, 5.41) is 2.71. The predicted octanol–water partition coefficient (Wildman–Crippen LogP) is 0.0774. The highest BCUT2D eigenvalue weighted by atomic mass is 35.5. The Hall–Kier alpha value is -0.370. The molecule has 1 heterocycles. The van der Waals surface area contributed by atoms with Crippen LogP contribution in [0.2, 0.25) is 0 Å². The van der Waals surface area contributed by atoms with Crippen LogP contribution in [0, 0.1) is 0 Å². The highest BCUT2D eigenvalue weighted by molar-refractivity contribution is 7.89. The van der Waals surface area contributed by atoms with Gasteiger partial charge < -0.3 is 11.1 Å². The maximum Gasteiger partial charge on any atom is 0.220 e. The molecule has 1 fully saturated rings. The van der Waals surface area contributed by atoms with Crippen molar-refractivity contribution < 1.29 is 13.2 Å². The molecule has 0 spiro atoms. The minimum Gasteiger partial charge on any atom is -0.352 e. The number of nitrogens with zero attached hydrogens (tertiary/aromatic N) is 1. The molecular weight excluding hydrogens is 290 g/mol. The molecule has 0 radical (unpaired) electrons. The van der Waals surface area contributed by atoms with E-state index in [4.69, 9.17) is 5.73 Å². The number of halogens is 1. The molecular formula is C11H24ClN3O3S. The number of amides is 1. The minimum absolute atomic E-state index is 0. The Labute approximate surface area is 121 Å². The first kappa shape index (κ1) is 18.6. The van der Waals surface area contributed by atoms with Gasteiger partial charge in [-0.15, -0.1) is 12.4 Å². The summed E-state index contributed by atoms with van der Waals surface area (Å²) in [5.41, 5.74) is 5.38. The Morgan fingerprint density at radius 2 is 1.95 bits per heavy atom. The largest absolute Gasteiger partial charge is 0.352 e. The van der Waals surface area contributed by atoms with Crippen molar-refractivity contribution in [2.24, 2.45) is 5.73 Å². The quantitative estimate of drug-likeness (QED) is 0.696. The molecule has 1 atom stereocenters. The van der Waals surface area contributed by atoms with Crippen molar-refractivity contribution in [2.75, 3.05) is 25.4 Å². The van der Waals surface area contributed by atoms with Crippen molar-refractivity contribution in [3.05, 3.63) is 0 Å². The maximum atomic E-state index is 11.9. The van der Waals surface area contributed by atoms with Gasteiger partial charge >= 0.3 is 0 Å². The minimum atomic E-state index is -3.16. The normalized spacial score (nSPS) is 17.8. The predicted molar refractivity (Wildman–Crippen MR) is 77.7 cm³/mol. The van der Waals surface area contributed by atoms with Gasteiger partial charge in [-0.3, -0.25) is 4.79 Å². The molecule has 8 heteroatoms. The van der Waals surface area contributed by atoms with E-state index in [0.717, 1.165) is 12.8 Å². The van der Waals surface area contributed by atoms with E-state index in [1.54, 1.807) is 0 Å². The molecule has 0 unspecified atom stereocenters. The van der Waals surface area contributed by atoms with E-state index in [-0.39, 0.29) is 36.5 Å². The second kappa shape index (κ2) is 8.73. The molecule has 114 valence electrons. The average Bonchev–Trinajstić information content (AvgIpc) is 2.82. The number of hydrogen-bond donors (Lipinski definition) is 2. The Bertz CT molecular complexity index is 369. The third-order valence-electron chi connectivity index (χ3n) is 3.03. The highest BCUT2D eigenvalue weighted by Gasteiger charge is 2.24. The van der Waals surface area contributed by atoms with E-state index in [0.29, 0.717) is 26.1 Å². The molecule has 0 aromatic carbocycles. The second-order valence-electron chi connectivity index (χ2n) is 4.73.